The highest BCUT2D eigenvalue weighted by atomic mass is 35.5. The molecule has 0 amide bonds. The van der Waals surface area contributed by atoms with E-state index in [1.807, 2.05) is 0 Å². The van der Waals surface area contributed by atoms with Gasteiger partial charge in [0.15, 0.2) is 11.5 Å². The molecule has 0 bridgehead atoms. The van der Waals surface area contributed by atoms with E-state index >= 15 is 0 Å². The molecule has 0 atom stereocenters. The van der Waals surface area contributed by atoms with Gasteiger partial charge in [-0.25, -0.2) is 4.79 Å². The molecule has 1 heterocycles. The third kappa shape index (κ3) is 2.70. The molecule has 1 aromatic carbocycles. The molecule has 8 heteroatoms. The predicted molar refractivity (Wildman–Crippen MR) is 58.9 cm³/mol. The van der Waals surface area contributed by atoms with Gasteiger partial charge in [-0.05, 0) is 18.2 Å². The van der Waals surface area contributed by atoms with E-state index in [-0.39, 0.29) is 11.3 Å². The van der Waals surface area contributed by atoms with Crippen LogP contribution in [0, 0.1) is 0 Å². The minimum atomic E-state index is -4.61. The van der Waals surface area contributed by atoms with Crippen molar-refractivity contribution in [3.05, 3.63) is 40.5 Å². The molecule has 2 aromatic rings. The predicted octanol–water partition coefficient (Wildman–Crippen LogP) is 3.71. The van der Waals surface area contributed by atoms with Crippen LogP contribution >= 0.6 is 11.6 Å². The molecule has 1 N–H and O–H groups in total. The van der Waals surface area contributed by atoms with Crippen molar-refractivity contribution in [2.24, 2.45) is 0 Å². The van der Waals surface area contributed by atoms with Gasteiger partial charge in [-0.1, -0.05) is 16.8 Å². The van der Waals surface area contributed by atoms with Crippen molar-refractivity contribution in [3.63, 3.8) is 0 Å². The molecule has 100 valence electrons. The van der Waals surface area contributed by atoms with Crippen molar-refractivity contribution in [2.75, 3.05) is 0 Å². The molecule has 4 nitrogen and oxygen atoms in total. The van der Waals surface area contributed by atoms with Crippen LogP contribution in [0.15, 0.2) is 28.8 Å². The first-order valence-corrected chi connectivity index (χ1v) is 5.24. The number of benzene rings is 1. The summed E-state index contributed by atoms with van der Waals surface area (Å²) < 4.78 is 42.6. The van der Waals surface area contributed by atoms with Crippen LogP contribution in [-0.4, -0.2) is 16.2 Å². The largest absolute Gasteiger partial charge is 0.476 e. The van der Waals surface area contributed by atoms with E-state index in [0.29, 0.717) is 0 Å². The van der Waals surface area contributed by atoms with Crippen molar-refractivity contribution in [1.29, 1.82) is 0 Å². The van der Waals surface area contributed by atoms with Crippen LogP contribution < -0.4 is 0 Å². The van der Waals surface area contributed by atoms with E-state index < -0.39 is 28.4 Å². The van der Waals surface area contributed by atoms with Gasteiger partial charge in [0.05, 0.1) is 10.6 Å². The zero-order chi connectivity index (χ0) is 14.2. The molecule has 0 aliphatic carbocycles. The van der Waals surface area contributed by atoms with Crippen LogP contribution in [0.25, 0.3) is 11.3 Å². The maximum Gasteiger partial charge on any atom is 0.417 e. The number of halogens is 4. The Kier molecular flexibility index (Phi) is 3.23. The van der Waals surface area contributed by atoms with Crippen LogP contribution in [0.1, 0.15) is 16.1 Å². The Morgan fingerprint density at radius 1 is 1.32 bits per heavy atom. The number of carboxylic acid groups (broad SMARTS) is 1. The van der Waals surface area contributed by atoms with Gasteiger partial charge in [-0.15, -0.1) is 0 Å². The zero-order valence-corrected chi connectivity index (χ0v) is 9.79. The minimum absolute atomic E-state index is 0.0386. The molecule has 0 fully saturated rings. The topological polar surface area (TPSA) is 63.3 Å². The van der Waals surface area contributed by atoms with Crippen LogP contribution in [0.2, 0.25) is 5.02 Å². The monoisotopic (exact) mass is 291 g/mol. The lowest BCUT2D eigenvalue weighted by Crippen LogP contribution is -2.05. The first-order chi connectivity index (χ1) is 8.79. The third-order valence-corrected chi connectivity index (χ3v) is 2.62. The van der Waals surface area contributed by atoms with Gasteiger partial charge in [0, 0.05) is 11.6 Å². The van der Waals surface area contributed by atoms with Gasteiger partial charge >= 0.3 is 12.1 Å². The van der Waals surface area contributed by atoms with E-state index in [1.54, 1.807) is 0 Å². The molecular formula is C11H5ClF3NO3. The maximum absolute atomic E-state index is 12.7. The van der Waals surface area contributed by atoms with Gasteiger partial charge in [0.1, 0.15) is 0 Å². The molecule has 0 aliphatic heterocycles. The lowest BCUT2D eigenvalue weighted by molar-refractivity contribution is -0.137. The summed E-state index contributed by atoms with van der Waals surface area (Å²) in [5.74, 6) is -1.42. The van der Waals surface area contributed by atoms with Gasteiger partial charge in [-0.3, -0.25) is 0 Å². The van der Waals surface area contributed by atoms with Crippen molar-refractivity contribution in [2.45, 2.75) is 6.18 Å². The fourth-order valence-corrected chi connectivity index (χ4v) is 1.63. The summed E-state index contributed by atoms with van der Waals surface area (Å²) in [4.78, 5) is 10.6. The zero-order valence-electron chi connectivity index (χ0n) is 9.03. The summed E-state index contributed by atoms with van der Waals surface area (Å²) in [5.41, 5.74) is -1.38. The number of carbonyl (C=O) groups is 1. The standard InChI is InChI=1S/C11H5ClF3NO3/c12-7-2-1-5(3-6(7)11(13,14)15)9-4-8(10(17)18)16-19-9/h1-4H,(H,17,18). The number of rotatable bonds is 2. The smallest absolute Gasteiger partial charge is 0.417 e. The fraction of sp³-hybridized carbons (Fsp3) is 0.0909. The van der Waals surface area contributed by atoms with E-state index in [1.165, 1.54) is 6.07 Å². The van der Waals surface area contributed by atoms with Crippen LogP contribution in [-0.2, 0) is 6.18 Å². The van der Waals surface area contributed by atoms with Crippen LogP contribution in [0.4, 0.5) is 13.2 Å². The SMILES string of the molecule is O=C(O)c1cc(-c2ccc(Cl)c(C(F)(F)F)c2)on1. The van der Waals surface area contributed by atoms with Gasteiger partial charge < -0.3 is 9.63 Å². The second-order valence-electron chi connectivity index (χ2n) is 3.57. The molecule has 0 saturated carbocycles. The Bertz CT molecular complexity index is 636. The summed E-state index contributed by atoms with van der Waals surface area (Å²) in [7, 11) is 0. The highest BCUT2D eigenvalue weighted by Gasteiger charge is 2.33. The molecule has 2 rings (SSSR count). The summed E-state index contributed by atoms with van der Waals surface area (Å²) in [5, 5.41) is 11.4. The molecule has 0 saturated heterocycles. The van der Waals surface area contributed by atoms with Crippen molar-refractivity contribution in [1.82, 2.24) is 5.16 Å². The molecule has 0 radical (unpaired) electrons. The minimum Gasteiger partial charge on any atom is -0.476 e. The Hall–Kier alpha value is -2.02. The lowest BCUT2D eigenvalue weighted by Gasteiger charge is -2.09. The van der Waals surface area contributed by atoms with Crippen molar-refractivity contribution >= 4 is 17.6 Å². The molecule has 19 heavy (non-hydrogen) atoms. The van der Waals surface area contributed by atoms with Crippen LogP contribution in [0.5, 0.6) is 0 Å². The number of alkyl halides is 3. The summed E-state index contributed by atoms with van der Waals surface area (Å²) in [6.45, 7) is 0. The maximum atomic E-state index is 12.7. The lowest BCUT2D eigenvalue weighted by atomic mass is 10.1. The summed E-state index contributed by atoms with van der Waals surface area (Å²) in [6.07, 6.45) is -4.61. The number of aromatic carboxylic acids is 1. The summed E-state index contributed by atoms with van der Waals surface area (Å²) >= 11 is 5.46. The Balaban J connectivity index is 2.48. The molecular weight excluding hydrogens is 287 g/mol. The van der Waals surface area contributed by atoms with E-state index in [4.69, 9.17) is 16.7 Å². The first kappa shape index (κ1) is 13.4. The Morgan fingerprint density at radius 3 is 2.53 bits per heavy atom. The molecule has 0 aliphatic rings. The number of hydrogen-bond donors (Lipinski definition) is 1. The van der Waals surface area contributed by atoms with Crippen molar-refractivity contribution in [3.8, 4) is 11.3 Å². The average molecular weight is 292 g/mol. The Morgan fingerprint density at radius 2 is 2.00 bits per heavy atom. The van der Waals surface area contributed by atoms with Gasteiger partial charge in [0.25, 0.3) is 0 Å². The number of aromatic nitrogens is 1. The van der Waals surface area contributed by atoms with E-state index in [9.17, 15) is 18.0 Å². The second-order valence-corrected chi connectivity index (χ2v) is 3.98. The van der Waals surface area contributed by atoms with E-state index in [2.05, 4.69) is 9.68 Å². The highest BCUT2D eigenvalue weighted by molar-refractivity contribution is 6.31. The highest BCUT2D eigenvalue weighted by Crippen LogP contribution is 2.37. The van der Waals surface area contributed by atoms with E-state index in [0.717, 1.165) is 18.2 Å². The number of carboxylic acids is 1. The molecule has 1 aromatic heterocycles. The quantitative estimate of drug-likeness (QED) is 0.916. The Labute approximate surface area is 109 Å². The normalized spacial score (nSPS) is 11.6. The fourth-order valence-electron chi connectivity index (χ4n) is 1.41. The average Bonchev–Trinajstić information content (AvgIpc) is 2.77. The van der Waals surface area contributed by atoms with Crippen LogP contribution in [0.3, 0.4) is 0 Å². The molecule has 0 unspecified atom stereocenters. The molecule has 0 spiro atoms. The number of hydrogen-bond acceptors (Lipinski definition) is 3. The van der Waals surface area contributed by atoms with Crippen molar-refractivity contribution < 1.29 is 27.6 Å². The van der Waals surface area contributed by atoms with Gasteiger partial charge in [0.2, 0.25) is 0 Å². The number of nitrogens with zero attached hydrogens (tertiary/aromatic N) is 1. The second kappa shape index (κ2) is 4.58. The van der Waals surface area contributed by atoms with Gasteiger partial charge in [-0.2, -0.15) is 13.2 Å². The summed E-state index contributed by atoms with van der Waals surface area (Å²) in [6, 6.07) is 4.15. The first-order valence-electron chi connectivity index (χ1n) is 4.86. The third-order valence-electron chi connectivity index (χ3n) is 2.29.